The van der Waals surface area contributed by atoms with E-state index >= 15 is 0 Å². The summed E-state index contributed by atoms with van der Waals surface area (Å²) in [6, 6.07) is 0. The Bertz CT molecular complexity index is 325. The maximum absolute atomic E-state index is 12.1. The van der Waals surface area contributed by atoms with Gasteiger partial charge in [0.15, 0.2) is 0 Å². The predicted molar refractivity (Wildman–Crippen MR) is 77.6 cm³/mol. The molecule has 2 amide bonds. The van der Waals surface area contributed by atoms with Crippen molar-refractivity contribution >= 4 is 11.8 Å². The van der Waals surface area contributed by atoms with E-state index in [4.69, 9.17) is 0 Å². The number of hydrogen-bond donors (Lipinski definition) is 1. The normalized spacial score (nSPS) is 27.7. The first-order valence-corrected chi connectivity index (χ1v) is 7.74. The van der Waals surface area contributed by atoms with Crippen molar-refractivity contribution in [1.29, 1.82) is 0 Å². The number of amides is 2. The smallest absolute Gasteiger partial charge is 0.230 e. The average molecular weight is 267 g/mol. The molecule has 1 fully saturated rings. The van der Waals surface area contributed by atoms with Gasteiger partial charge in [0.2, 0.25) is 11.8 Å². The van der Waals surface area contributed by atoms with E-state index in [0.29, 0.717) is 6.42 Å². The van der Waals surface area contributed by atoms with Crippen LogP contribution in [0.4, 0.5) is 0 Å². The second-order valence-electron chi connectivity index (χ2n) is 6.63. The van der Waals surface area contributed by atoms with E-state index in [1.807, 2.05) is 0 Å². The third-order valence-corrected chi connectivity index (χ3v) is 4.38. The van der Waals surface area contributed by atoms with Gasteiger partial charge in [-0.1, -0.05) is 59.8 Å². The molecule has 1 aliphatic rings. The third-order valence-electron chi connectivity index (χ3n) is 4.38. The summed E-state index contributed by atoms with van der Waals surface area (Å²) in [7, 11) is 0. The van der Waals surface area contributed by atoms with Crippen LogP contribution in [0.1, 0.15) is 72.6 Å². The van der Waals surface area contributed by atoms with Gasteiger partial charge >= 0.3 is 0 Å². The molecule has 1 rings (SSSR count). The minimum absolute atomic E-state index is 0.0311. The zero-order chi connectivity index (χ0) is 14.5. The fourth-order valence-corrected chi connectivity index (χ4v) is 3.54. The molecular weight excluding hydrogens is 238 g/mol. The Hall–Kier alpha value is -0.860. The molecule has 2 atom stereocenters. The average Bonchev–Trinajstić information content (AvgIpc) is 2.26. The molecule has 2 unspecified atom stereocenters. The molecule has 1 N–H and O–H groups in total. The van der Waals surface area contributed by atoms with Gasteiger partial charge < -0.3 is 0 Å². The highest BCUT2D eigenvalue weighted by molar-refractivity contribution is 5.99. The van der Waals surface area contributed by atoms with Gasteiger partial charge in [0.25, 0.3) is 0 Å². The molecule has 0 bridgehead atoms. The minimum atomic E-state index is -0.153. The van der Waals surface area contributed by atoms with Gasteiger partial charge in [0, 0.05) is 12.3 Å². The number of imide groups is 1. The number of carbonyl (C=O) groups excluding carboxylic acids is 2. The first-order chi connectivity index (χ1) is 8.90. The first kappa shape index (κ1) is 16.2. The zero-order valence-electron chi connectivity index (χ0n) is 12.9. The van der Waals surface area contributed by atoms with Crippen LogP contribution < -0.4 is 5.32 Å². The summed E-state index contributed by atoms with van der Waals surface area (Å²) in [5, 5.41) is 2.50. The summed E-state index contributed by atoms with van der Waals surface area (Å²) in [4.78, 5) is 23.7. The maximum Gasteiger partial charge on any atom is 0.230 e. The molecule has 1 saturated heterocycles. The Morgan fingerprint density at radius 1 is 1.21 bits per heavy atom. The monoisotopic (exact) mass is 267 g/mol. The molecular formula is C16H29NO2. The zero-order valence-corrected chi connectivity index (χ0v) is 12.9. The van der Waals surface area contributed by atoms with Crippen molar-refractivity contribution in [2.75, 3.05) is 0 Å². The van der Waals surface area contributed by atoms with Crippen molar-refractivity contribution < 1.29 is 9.59 Å². The molecule has 0 saturated carbocycles. The number of carbonyl (C=O) groups is 2. The Morgan fingerprint density at radius 3 is 2.42 bits per heavy atom. The van der Waals surface area contributed by atoms with E-state index in [1.165, 1.54) is 25.7 Å². The number of piperidine rings is 1. The Labute approximate surface area is 117 Å². The van der Waals surface area contributed by atoms with Gasteiger partial charge in [0.1, 0.15) is 0 Å². The minimum Gasteiger partial charge on any atom is -0.296 e. The van der Waals surface area contributed by atoms with Gasteiger partial charge in [-0.2, -0.15) is 0 Å². The molecule has 3 nitrogen and oxygen atoms in total. The molecule has 0 radical (unpaired) electrons. The fourth-order valence-electron chi connectivity index (χ4n) is 3.54. The Morgan fingerprint density at radius 2 is 1.84 bits per heavy atom. The van der Waals surface area contributed by atoms with Crippen molar-refractivity contribution in [3.05, 3.63) is 0 Å². The SMILES string of the molecule is CCCCCCCC1(C)CC(=O)NC(=O)C1C(C)C. The standard InChI is InChI=1S/C16H29NO2/c1-5-6-7-8-9-10-16(4)11-13(18)17-15(19)14(16)12(2)3/h12,14H,5-11H2,1-4H3,(H,17,18,19). The van der Waals surface area contributed by atoms with Crippen LogP contribution in [0.15, 0.2) is 0 Å². The Balaban J connectivity index is 2.62. The number of rotatable bonds is 7. The maximum atomic E-state index is 12.1. The molecule has 19 heavy (non-hydrogen) atoms. The summed E-state index contributed by atoms with van der Waals surface area (Å²) in [5.74, 6) is 0.0883. The largest absolute Gasteiger partial charge is 0.296 e. The van der Waals surface area contributed by atoms with Crippen molar-refractivity contribution in [3.63, 3.8) is 0 Å². The molecule has 0 aromatic heterocycles. The Kier molecular flexibility index (Phi) is 6.02. The van der Waals surface area contributed by atoms with Crippen molar-refractivity contribution in [2.45, 2.75) is 72.6 Å². The number of hydrogen-bond acceptors (Lipinski definition) is 2. The lowest BCUT2D eigenvalue weighted by Gasteiger charge is -2.42. The highest BCUT2D eigenvalue weighted by atomic mass is 16.2. The van der Waals surface area contributed by atoms with Crippen LogP contribution in [0.25, 0.3) is 0 Å². The van der Waals surface area contributed by atoms with Crippen LogP contribution in [-0.4, -0.2) is 11.8 Å². The van der Waals surface area contributed by atoms with Gasteiger partial charge in [0.05, 0.1) is 0 Å². The van der Waals surface area contributed by atoms with Crippen LogP contribution in [-0.2, 0) is 9.59 Å². The summed E-state index contributed by atoms with van der Waals surface area (Å²) >= 11 is 0. The van der Waals surface area contributed by atoms with Crippen molar-refractivity contribution in [3.8, 4) is 0 Å². The topological polar surface area (TPSA) is 46.2 Å². The van der Waals surface area contributed by atoms with Crippen LogP contribution in [0.5, 0.6) is 0 Å². The summed E-state index contributed by atoms with van der Waals surface area (Å²) in [5.41, 5.74) is -0.153. The lowest BCUT2D eigenvalue weighted by Crippen LogP contribution is -2.52. The quantitative estimate of drug-likeness (QED) is 0.565. The predicted octanol–water partition coefficient (Wildman–Crippen LogP) is 3.67. The van der Waals surface area contributed by atoms with E-state index < -0.39 is 0 Å². The lowest BCUT2D eigenvalue weighted by atomic mass is 9.64. The molecule has 0 aromatic carbocycles. The summed E-state index contributed by atoms with van der Waals surface area (Å²) < 4.78 is 0. The highest BCUT2D eigenvalue weighted by Crippen LogP contribution is 2.43. The molecule has 1 aliphatic heterocycles. The first-order valence-electron chi connectivity index (χ1n) is 7.74. The number of nitrogens with one attached hydrogen (secondary N) is 1. The van der Waals surface area contributed by atoms with Crippen LogP contribution in [0, 0.1) is 17.3 Å². The van der Waals surface area contributed by atoms with E-state index in [-0.39, 0.29) is 29.1 Å². The van der Waals surface area contributed by atoms with E-state index in [1.54, 1.807) is 0 Å². The molecule has 0 aliphatic carbocycles. The van der Waals surface area contributed by atoms with Gasteiger partial charge in [-0.15, -0.1) is 0 Å². The van der Waals surface area contributed by atoms with E-state index in [2.05, 4.69) is 33.0 Å². The lowest BCUT2D eigenvalue weighted by molar-refractivity contribution is -0.145. The van der Waals surface area contributed by atoms with E-state index in [0.717, 1.165) is 12.8 Å². The van der Waals surface area contributed by atoms with E-state index in [9.17, 15) is 9.59 Å². The second kappa shape index (κ2) is 7.06. The fraction of sp³-hybridized carbons (Fsp3) is 0.875. The van der Waals surface area contributed by atoms with Crippen molar-refractivity contribution in [2.24, 2.45) is 17.3 Å². The van der Waals surface area contributed by atoms with Crippen LogP contribution in [0.3, 0.4) is 0 Å². The van der Waals surface area contributed by atoms with Gasteiger partial charge in [-0.25, -0.2) is 0 Å². The summed E-state index contributed by atoms with van der Waals surface area (Å²) in [6.45, 7) is 8.49. The van der Waals surface area contributed by atoms with Crippen LogP contribution in [0.2, 0.25) is 0 Å². The summed E-state index contributed by atoms with van der Waals surface area (Å²) in [6.07, 6.45) is 7.61. The second-order valence-corrected chi connectivity index (χ2v) is 6.63. The van der Waals surface area contributed by atoms with Gasteiger partial charge in [-0.3, -0.25) is 14.9 Å². The molecule has 110 valence electrons. The van der Waals surface area contributed by atoms with Crippen LogP contribution >= 0.6 is 0 Å². The molecule has 0 spiro atoms. The molecule has 0 aromatic rings. The number of unbranched alkanes of at least 4 members (excludes halogenated alkanes) is 4. The molecule has 3 heteroatoms. The molecule has 1 heterocycles. The highest BCUT2D eigenvalue weighted by Gasteiger charge is 2.45. The third kappa shape index (κ3) is 4.32. The van der Waals surface area contributed by atoms with Crippen molar-refractivity contribution in [1.82, 2.24) is 5.32 Å². The van der Waals surface area contributed by atoms with Gasteiger partial charge in [-0.05, 0) is 17.8 Å².